The van der Waals surface area contributed by atoms with Gasteiger partial charge in [-0.2, -0.15) is 0 Å². The molecule has 5 nitrogen and oxygen atoms in total. The predicted molar refractivity (Wildman–Crippen MR) is 101 cm³/mol. The third-order valence-corrected chi connectivity index (χ3v) is 3.92. The molecule has 0 saturated heterocycles. The van der Waals surface area contributed by atoms with Gasteiger partial charge in [0.25, 0.3) is 5.91 Å². The first-order chi connectivity index (χ1) is 12.6. The summed E-state index contributed by atoms with van der Waals surface area (Å²) < 4.78 is 0. The Bertz CT molecular complexity index is 952. The summed E-state index contributed by atoms with van der Waals surface area (Å²) >= 11 is 0. The Kier molecular flexibility index (Phi) is 5.39. The summed E-state index contributed by atoms with van der Waals surface area (Å²) in [6, 6.07) is 19.4. The van der Waals surface area contributed by atoms with Gasteiger partial charge < -0.3 is 10.4 Å². The molecule has 0 aliphatic rings. The van der Waals surface area contributed by atoms with Crippen molar-refractivity contribution < 1.29 is 14.7 Å². The number of aromatic nitrogens is 1. The number of benzene rings is 2. The molecule has 0 unspecified atom stereocenters. The molecule has 3 rings (SSSR count). The molecule has 1 heterocycles. The Balaban J connectivity index is 1.69. The third-order valence-electron chi connectivity index (χ3n) is 3.92. The van der Waals surface area contributed by atoms with Gasteiger partial charge in [-0.15, -0.1) is 0 Å². The summed E-state index contributed by atoms with van der Waals surface area (Å²) in [4.78, 5) is 28.1. The van der Waals surface area contributed by atoms with E-state index in [4.69, 9.17) is 0 Å². The number of amides is 1. The maximum absolute atomic E-state index is 12.4. The van der Waals surface area contributed by atoms with E-state index in [1.54, 1.807) is 18.2 Å². The van der Waals surface area contributed by atoms with Crippen LogP contribution in [0, 0.1) is 0 Å². The van der Waals surface area contributed by atoms with Crippen LogP contribution in [0.5, 0.6) is 0 Å². The maximum atomic E-state index is 12.4. The molecule has 0 bridgehead atoms. The van der Waals surface area contributed by atoms with E-state index in [0.717, 1.165) is 10.9 Å². The van der Waals surface area contributed by atoms with Gasteiger partial charge in [-0.05, 0) is 24.1 Å². The van der Waals surface area contributed by atoms with Gasteiger partial charge in [-0.1, -0.05) is 66.7 Å². The minimum Gasteiger partial charge on any atom is -0.480 e. The van der Waals surface area contributed by atoms with Gasteiger partial charge in [0.15, 0.2) is 0 Å². The van der Waals surface area contributed by atoms with Gasteiger partial charge >= 0.3 is 5.97 Å². The second kappa shape index (κ2) is 8.07. The average Bonchev–Trinajstić information content (AvgIpc) is 2.67. The van der Waals surface area contributed by atoms with Crippen molar-refractivity contribution in [3.05, 3.63) is 84.1 Å². The van der Waals surface area contributed by atoms with Crippen molar-refractivity contribution in [3.8, 4) is 0 Å². The zero-order valence-electron chi connectivity index (χ0n) is 14.0. The minimum absolute atomic E-state index is 0.184. The molecule has 1 atom stereocenters. The monoisotopic (exact) mass is 346 g/mol. The van der Waals surface area contributed by atoms with Gasteiger partial charge in [0, 0.05) is 5.39 Å². The second-order valence-corrected chi connectivity index (χ2v) is 5.80. The number of carbonyl (C=O) groups excluding carboxylic acids is 1. The molecule has 0 radical (unpaired) electrons. The first-order valence-corrected chi connectivity index (χ1v) is 8.24. The highest BCUT2D eigenvalue weighted by Crippen LogP contribution is 2.12. The van der Waals surface area contributed by atoms with E-state index in [-0.39, 0.29) is 12.1 Å². The lowest BCUT2D eigenvalue weighted by Gasteiger charge is -2.12. The van der Waals surface area contributed by atoms with E-state index < -0.39 is 17.9 Å². The van der Waals surface area contributed by atoms with Crippen molar-refractivity contribution in [1.29, 1.82) is 0 Å². The van der Waals surface area contributed by atoms with Crippen LogP contribution in [-0.4, -0.2) is 28.0 Å². The molecule has 0 aliphatic heterocycles. The van der Waals surface area contributed by atoms with Gasteiger partial charge in [-0.25, -0.2) is 9.78 Å². The van der Waals surface area contributed by atoms with Crippen molar-refractivity contribution in [2.75, 3.05) is 0 Å². The Labute approximate surface area is 151 Å². The number of rotatable bonds is 6. The Morgan fingerprint density at radius 2 is 1.73 bits per heavy atom. The molecule has 2 aromatic carbocycles. The summed E-state index contributed by atoms with van der Waals surface area (Å²) in [6.45, 7) is 0. The lowest BCUT2D eigenvalue weighted by atomic mass is 10.1. The number of carbonyl (C=O) groups is 2. The van der Waals surface area contributed by atoms with E-state index in [1.807, 2.05) is 60.7 Å². The van der Waals surface area contributed by atoms with E-state index in [2.05, 4.69) is 10.3 Å². The van der Waals surface area contributed by atoms with Crippen LogP contribution in [0.4, 0.5) is 0 Å². The molecule has 0 aliphatic carbocycles. The molecule has 26 heavy (non-hydrogen) atoms. The number of para-hydroxylation sites is 1. The summed E-state index contributed by atoms with van der Waals surface area (Å²) in [6.07, 6.45) is 3.75. The van der Waals surface area contributed by atoms with Crippen molar-refractivity contribution in [2.24, 2.45) is 0 Å². The molecule has 1 aromatic heterocycles. The number of hydrogen-bond acceptors (Lipinski definition) is 3. The van der Waals surface area contributed by atoms with Crippen LogP contribution < -0.4 is 5.32 Å². The predicted octanol–water partition coefficient (Wildman–Crippen LogP) is 3.52. The van der Waals surface area contributed by atoms with Crippen LogP contribution in [-0.2, 0) is 4.79 Å². The summed E-state index contributed by atoms with van der Waals surface area (Å²) in [7, 11) is 0. The molecule has 0 saturated carbocycles. The van der Waals surface area contributed by atoms with Crippen molar-refractivity contribution in [3.63, 3.8) is 0 Å². The topological polar surface area (TPSA) is 79.3 Å². The van der Waals surface area contributed by atoms with Crippen LogP contribution in [0.15, 0.2) is 72.8 Å². The van der Waals surface area contributed by atoms with E-state index in [9.17, 15) is 14.7 Å². The lowest BCUT2D eigenvalue weighted by Crippen LogP contribution is -2.40. The molecule has 0 fully saturated rings. The fourth-order valence-corrected chi connectivity index (χ4v) is 2.55. The fraction of sp³-hybridized carbons (Fsp3) is 0.0952. The Hall–Kier alpha value is -3.47. The molecule has 130 valence electrons. The highest BCUT2D eigenvalue weighted by Gasteiger charge is 2.20. The summed E-state index contributed by atoms with van der Waals surface area (Å²) in [5.41, 5.74) is 1.86. The highest BCUT2D eigenvalue weighted by molar-refractivity contribution is 5.97. The zero-order chi connectivity index (χ0) is 18.4. The van der Waals surface area contributed by atoms with Crippen LogP contribution in [0.3, 0.4) is 0 Å². The van der Waals surface area contributed by atoms with E-state index in [1.165, 1.54) is 0 Å². The van der Waals surface area contributed by atoms with Gasteiger partial charge in [-0.3, -0.25) is 4.79 Å². The standard InChI is InChI=1S/C21H18N2O3/c24-20(18-14-13-16-10-4-5-11-17(16)22-18)23-19(21(25)26)12-6-9-15-7-2-1-3-8-15/h1-11,13-14,19H,12H2,(H,23,24)(H,25,26)/b9-6+/t19-/m1/s1. The van der Waals surface area contributed by atoms with Gasteiger partial charge in [0.2, 0.25) is 0 Å². The largest absolute Gasteiger partial charge is 0.480 e. The van der Waals surface area contributed by atoms with E-state index >= 15 is 0 Å². The number of nitrogens with one attached hydrogen (secondary N) is 1. The van der Waals surface area contributed by atoms with Gasteiger partial charge in [0.05, 0.1) is 5.52 Å². The molecular formula is C21H18N2O3. The molecule has 3 aromatic rings. The smallest absolute Gasteiger partial charge is 0.326 e. The summed E-state index contributed by atoms with van der Waals surface area (Å²) in [5, 5.41) is 12.8. The number of carboxylic acids is 1. The zero-order valence-corrected chi connectivity index (χ0v) is 14.0. The molecule has 2 N–H and O–H groups in total. The first kappa shape index (κ1) is 17.4. The molecule has 5 heteroatoms. The highest BCUT2D eigenvalue weighted by atomic mass is 16.4. The number of hydrogen-bond donors (Lipinski definition) is 2. The SMILES string of the molecule is O=C(N[C@H](C/C=C/c1ccccc1)C(=O)O)c1ccc2ccccc2n1. The van der Waals surface area contributed by atoms with Crippen molar-refractivity contribution in [1.82, 2.24) is 10.3 Å². The van der Waals surface area contributed by atoms with Crippen LogP contribution in [0.2, 0.25) is 0 Å². The normalized spacial score (nSPS) is 12.2. The number of nitrogens with zero attached hydrogens (tertiary/aromatic N) is 1. The van der Waals surface area contributed by atoms with Crippen molar-refractivity contribution >= 4 is 28.9 Å². The molecule has 0 spiro atoms. The average molecular weight is 346 g/mol. The van der Waals surface area contributed by atoms with Crippen LogP contribution >= 0.6 is 0 Å². The molecular weight excluding hydrogens is 328 g/mol. The van der Waals surface area contributed by atoms with Crippen LogP contribution in [0.1, 0.15) is 22.5 Å². The minimum atomic E-state index is -1.09. The second-order valence-electron chi connectivity index (χ2n) is 5.80. The maximum Gasteiger partial charge on any atom is 0.326 e. The Morgan fingerprint density at radius 1 is 1.00 bits per heavy atom. The molecule has 1 amide bonds. The van der Waals surface area contributed by atoms with Crippen LogP contribution in [0.25, 0.3) is 17.0 Å². The number of carboxylic acid groups (broad SMARTS) is 1. The summed E-state index contributed by atoms with van der Waals surface area (Å²) in [5.74, 6) is -1.59. The quantitative estimate of drug-likeness (QED) is 0.716. The van der Waals surface area contributed by atoms with Crippen molar-refractivity contribution in [2.45, 2.75) is 12.5 Å². The first-order valence-electron chi connectivity index (χ1n) is 8.24. The number of aliphatic carboxylic acids is 1. The fourth-order valence-electron chi connectivity index (χ4n) is 2.55. The lowest BCUT2D eigenvalue weighted by molar-refractivity contribution is -0.139. The number of pyridine rings is 1. The third kappa shape index (κ3) is 4.33. The van der Waals surface area contributed by atoms with E-state index in [0.29, 0.717) is 5.52 Å². The Morgan fingerprint density at radius 3 is 2.50 bits per heavy atom. The number of fused-ring (bicyclic) bond motifs is 1. The van der Waals surface area contributed by atoms with Gasteiger partial charge in [0.1, 0.15) is 11.7 Å².